The Labute approximate surface area is 101 Å². The highest BCUT2D eigenvalue weighted by molar-refractivity contribution is 5.54. The average molecular weight is 225 g/mol. The molecule has 0 unspecified atom stereocenters. The van der Waals surface area contributed by atoms with Gasteiger partial charge < -0.3 is 5.73 Å². The molecule has 0 spiro atoms. The Morgan fingerprint density at radius 3 is 2.82 bits per heavy atom. The van der Waals surface area contributed by atoms with Crippen LogP contribution in [0.25, 0.3) is 11.4 Å². The average Bonchev–Trinajstić information content (AvgIpc) is 2.39. The van der Waals surface area contributed by atoms with Crippen LogP contribution in [-0.4, -0.2) is 16.0 Å². The summed E-state index contributed by atoms with van der Waals surface area (Å²) in [6, 6.07) is 10.4. The molecule has 3 rings (SSSR count). The molecular weight excluding hydrogens is 210 g/mol. The monoisotopic (exact) mass is 225 g/mol. The molecule has 2 N–H and O–H groups in total. The first-order chi connectivity index (χ1) is 8.33. The van der Waals surface area contributed by atoms with Crippen molar-refractivity contribution in [2.75, 3.05) is 0 Å². The SMILES string of the molecule is N[C@H]1CCc2nc(-c3ccccc3)ncc2C1. The number of hydrogen-bond donors (Lipinski definition) is 1. The molecule has 17 heavy (non-hydrogen) atoms. The van der Waals surface area contributed by atoms with Gasteiger partial charge in [0.2, 0.25) is 0 Å². The van der Waals surface area contributed by atoms with Crippen molar-refractivity contribution in [2.24, 2.45) is 5.73 Å². The van der Waals surface area contributed by atoms with E-state index in [9.17, 15) is 0 Å². The smallest absolute Gasteiger partial charge is 0.159 e. The van der Waals surface area contributed by atoms with E-state index in [-0.39, 0.29) is 6.04 Å². The molecule has 1 aliphatic rings. The van der Waals surface area contributed by atoms with E-state index in [2.05, 4.69) is 9.97 Å². The molecule has 0 saturated heterocycles. The van der Waals surface area contributed by atoms with Crippen molar-refractivity contribution in [3.05, 3.63) is 47.8 Å². The van der Waals surface area contributed by atoms with Gasteiger partial charge in [0.1, 0.15) is 0 Å². The second-order valence-electron chi connectivity index (χ2n) is 4.53. The Morgan fingerprint density at radius 1 is 1.18 bits per heavy atom. The zero-order valence-corrected chi connectivity index (χ0v) is 9.63. The molecular formula is C14H15N3. The first-order valence-corrected chi connectivity index (χ1v) is 5.99. The van der Waals surface area contributed by atoms with Crippen molar-refractivity contribution in [1.29, 1.82) is 0 Å². The Morgan fingerprint density at radius 2 is 2.00 bits per heavy atom. The third-order valence-corrected chi connectivity index (χ3v) is 3.22. The number of nitrogens with zero attached hydrogens (tertiary/aromatic N) is 2. The molecule has 0 aliphatic heterocycles. The molecule has 3 heteroatoms. The number of aryl methyl sites for hydroxylation is 1. The van der Waals surface area contributed by atoms with Crippen LogP contribution in [0.1, 0.15) is 17.7 Å². The van der Waals surface area contributed by atoms with Crippen LogP contribution >= 0.6 is 0 Å². The number of aromatic nitrogens is 2. The summed E-state index contributed by atoms with van der Waals surface area (Å²) < 4.78 is 0. The molecule has 1 aromatic heterocycles. The first kappa shape index (κ1) is 10.4. The van der Waals surface area contributed by atoms with Gasteiger partial charge in [0.15, 0.2) is 5.82 Å². The highest BCUT2D eigenvalue weighted by atomic mass is 14.9. The lowest BCUT2D eigenvalue weighted by Crippen LogP contribution is -2.28. The van der Waals surface area contributed by atoms with Crippen molar-refractivity contribution in [1.82, 2.24) is 9.97 Å². The van der Waals surface area contributed by atoms with Gasteiger partial charge in [0.25, 0.3) is 0 Å². The molecule has 1 aromatic carbocycles. The quantitative estimate of drug-likeness (QED) is 0.807. The van der Waals surface area contributed by atoms with Crippen LogP contribution in [0.5, 0.6) is 0 Å². The van der Waals surface area contributed by atoms with E-state index in [4.69, 9.17) is 5.73 Å². The zero-order chi connectivity index (χ0) is 11.7. The Kier molecular flexibility index (Phi) is 2.61. The fourth-order valence-corrected chi connectivity index (χ4v) is 2.26. The summed E-state index contributed by atoms with van der Waals surface area (Å²) in [6.07, 6.45) is 4.84. The van der Waals surface area contributed by atoms with E-state index < -0.39 is 0 Å². The van der Waals surface area contributed by atoms with Crippen molar-refractivity contribution < 1.29 is 0 Å². The third-order valence-electron chi connectivity index (χ3n) is 3.22. The normalized spacial score (nSPS) is 18.8. The second-order valence-corrected chi connectivity index (χ2v) is 4.53. The van der Waals surface area contributed by atoms with Gasteiger partial charge in [-0.05, 0) is 24.8 Å². The molecule has 1 aliphatic carbocycles. The minimum Gasteiger partial charge on any atom is -0.327 e. The number of nitrogens with two attached hydrogens (primary N) is 1. The van der Waals surface area contributed by atoms with E-state index >= 15 is 0 Å². The largest absolute Gasteiger partial charge is 0.327 e. The first-order valence-electron chi connectivity index (χ1n) is 5.99. The Hall–Kier alpha value is -1.74. The van der Waals surface area contributed by atoms with Gasteiger partial charge in [-0.1, -0.05) is 30.3 Å². The summed E-state index contributed by atoms with van der Waals surface area (Å²) in [5, 5.41) is 0. The van der Waals surface area contributed by atoms with Crippen molar-refractivity contribution in [3.63, 3.8) is 0 Å². The summed E-state index contributed by atoms with van der Waals surface area (Å²) in [5.74, 6) is 0.819. The number of benzene rings is 1. The highest BCUT2D eigenvalue weighted by Crippen LogP contribution is 2.21. The van der Waals surface area contributed by atoms with Crippen LogP contribution in [0.3, 0.4) is 0 Å². The van der Waals surface area contributed by atoms with Crippen LogP contribution in [0.15, 0.2) is 36.5 Å². The van der Waals surface area contributed by atoms with Gasteiger partial charge in [-0.25, -0.2) is 9.97 Å². The summed E-state index contributed by atoms with van der Waals surface area (Å²) in [5.41, 5.74) is 9.40. The second kappa shape index (κ2) is 4.26. The zero-order valence-electron chi connectivity index (χ0n) is 9.63. The summed E-state index contributed by atoms with van der Waals surface area (Å²) in [7, 11) is 0. The maximum absolute atomic E-state index is 5.94. The van der Waals surface area contributed by atoms with Gasteiger partial charge in [-0.15, -0.1) is 0 Å². The third kappa shape index (κ3) is 2.06. The van der Waals surface area contributed by atoms with Gasteiger partial charge in [-0.3, -0.25) is 0 Å². The molecule has 3 nitrogen and oxygen atoms in total. The lowest BCUT2D eigenvalue weighted by atomic mass is 9.93. The van der Waals surface area contributed by atoms with Crippen LogP contribution in [-0.2, 0) is 12.8 Å². The maximum atomic E-state index is 5.94. The lowest BCUT2D eigenvalue weighted by Gasteiger charge is -2.20. The fraction of sp³-hybridized carbons (Fsp3) is 0.286. The number of fused-ring (bicyclic) bond motifs is 1. The molecule has 0 fully saturated rings. The van der Waals surface area contributed by atoms with Crippen molar-refractivity contribution in [3.8, 4) is 11.4 Å². The van der Waals surface area contributed by atoms with Crippen molar-refractivity contribution >= 4 is 0 Å². The lowest BCUT2D eigenvalue weighted by molar-refractivity contribution is 0.564. The molecule has 1 heterocycles. The topological polar surface area (TPSA) is 51.8 Å². The molecule has 0 saturated carbocycles. The van der Waals surface area contributed by atoms with E-state index in [1.165, 1.54) is 11.3 Å². The van der Waals surface area contributed by atoms with Crippen LogP contribution in [0.4, 0.5) is 0 Å². The van der Waals surface area contributed by atoms with Crippen LogP contribution in [0, 0.1) is 0 Å². The Balaban J connectivity index is 1.99. The molecule has 1 atom stereocenters. The van der Waals surface area contributed by atoms with Gasteiger partial charge in [-0.2, -0.15) is 0 Å². The maximum Gasteiger partial charge on any atom is 0.159 e. The van der Waals surface area contributed by atoms with Gasteiger partial charge in [0, 0.05) is 23.5 Å². The van der Waals surface area contributed by atoms with E-state index in [1.54, 1.807) is 0 Å². The predicted molar refractivity (Wildman–Crippen MR) is 67.5 cm³/mol. The fourth-order valence-electron chi connectivity index (χ4n) is 2.26. The van der Waals surface area contributed by atoms with E-state index in [1.807, 2.05) is 36.5 Å². The minimum atomic E-state index is 0.272. The standard InChI is InChI=1S/C14H15N3/c15-12-6-7-13-11(8-12)9-16-14(17-13)10-4-2-1-3-5-10/h1-5,9,12H,6-8,15H2/t12-/m0/s1. The Bertz CT molecular complexity index is 522. The highest BCUT2D eigenvalue weighted by Gasteiger charge is 2.17. The van der Waals surface area contributed by atoms with Gasteiger partial charge in [0.05, 0.1) is 0 Å². The molecule has 0 amide bonds. The summed E-state index contributed by atoms with van der Waals surface area (Å²) in [6.45, 7) is 0. The van der Waals surface area contributed by atoms with Crippen LogP contribution in [0.2, 0.25) is 0 Å². The van der Waals surface area contributed by atoms with Gasteiger partial charge >= 0.3 is 0 Å². The van der Waals surface area contributed by atoms with E-state index in [0.717, 1.165) is 30.7 Å². The van der Waals surface area contributed by atoms with Crippen molar-refractivity contribution in [2.45, 2.75) is 25.3 Å². The number of rotatable bonds is 1. The molecule has 86 valence electrons. The van der Waals surface area contributed by atoms with Crippen LogP contribution < -0.4 is 5.73 Å². The predicted octanol–water partition coefficient (Wildman–Crippen LogP) is 1.96. The molecule has 2 aromatic rings. The number of hydrogen-bond acceptors (Lipinski definition) is 3. The van der Waals surface area contributed by atoms with E-state index in [0.29, 0.717) is 0 Å². The minimum absolute atomic E-state index is 0.272. The summed E-state index contributed by atoms with van der Waals surface area (Å²) in [4.78, 5) is 9.08. The molecule has 0 radical (unpaired) electrons. The summed E-state index contributed by atoms with van der Waals surface area (Å²) >= 11 is 0. The molecule has 0 bridgehead atoms.